The van der Waals surface area contributed by atoms with Crippen LogP contribution in [0.4, 0.5) is 5.69 Å². The van der Waals surface area contributed by atoms with Crippen molar-refractivity contribution in [3.8, 4) is 5.69 Å². The summed E-state index contributed by atoms with van der Waals surface area (Å²) in [5, 5.41) is 11.9. The number of nitrogens with one attached hydrogen (secondary N) is 2. The van der Waals surface area contributed by atoms with Gasteiger partial charge in [-0.3, -0.25) is 0 Å². The quantitative estimate of drug-likeness (QED) is 0.910. The van der Waals surface area contributed by atoms with Gasteiger partial charge in [0.15, 0.2) is 0 Å². The third-order valence-corrected chi connectivity index (χ3v) is 4.07. The molecule has 0 atom stereocenters. The summed E-state index contributed by atoms with van der Waals surface area (Å²) < 4.78 is 1.81. The van der Waals surface area contributed by atoms with Gasteiger partial charge in [0.1, 0.15) is 5.69 Å². The molecule has 2 N–H and O–H groups in total. The Morgan fingerprint density at radius 3 is 2.90 bits per heavy atom. The van der Waals surface area contributed by atoms with Gasteiger partial charge in [0, 0.05) is 18.9 Å². The molecule has 106 valence electrons. The normalized spacial score (nSPS) is 16.2. The fourth-order valence-corrected chi connectivity index (χ4v) is 2.89. The minimum atomic E-state index is 0.712. The predicted molar refractivity (Wildman–Crippen MR) is 82.7 cm³/mol. The first-order valence-electron chi connectivity index (χ1n) is 7.08. The third-order valence-electron chi connectivity index (χ3n) is 3.76. The van der Waals surface area contributed by atoms with Crippen LogP contribution in [0, 0.1) is 5.92 Å². The molecule has 1 aromatic carbocycles. The van der Waals surface area contributed by atoms with E-state index in [-0.39, 0.29) is 0 Å². The van der Waals surface area contributed by atoms with Crippen LogP contribution in [0.5, 0.6) is 0 Å². The molecule has 2 aromatic rings. The summed E-state index contributed by atoms with van der Waals surface area (Å²) >= 11 is 6.33. The standard InChI is InChI=1S/C15H19ClN4/c16-13-3-1-4-14(15(13)20-10-2-7-19-20)18-11-12-5-8-17-9-6-12/h1-4,7,10,12,17-18H,5-6,8-9,11H2. The first-order valence-corrected chi connectivity index (χ1v) is 7.45. The number of aromatic nitrogens is 2. The van der Waals surface area contributed by atoms with E-state index in [2.05, 4.69) is 21.8 Å². The summed E-state index contributed by atoms with van der Waals surface area (Å²) in [6.07, 6.45) is 6.13. The Balaban J connectivity index is 1.77. The van der Waals surface area contributed by atoms with Gasteiger partial charge in [0.25, 0.3) is 0 Å². The molecule has 1 saturated heterocycles. The molecule has 0 saturated carbocycles. The van der Waals surface area contributed by atoms with Crippen LogP contribution in [0.25, 0.3) is 5.69 Å². The molecule has 20 heavy (non-hydrogen) atoms. The first kappa shape index (κ1) is 13.5. The van der Waals surface area contributed by atoms with E-state index in [1.54, 1.807) is 6.20 Å². The first-order chi connectivity index (χ1) is 9.84. The van der Waals surface area contributed by atoms with Gasteiger partial charge < -0.3 is 10.6 Å². The van der Waals surface area contributed by atoms with E-state index in [1.807, 2.05) is 29.1 Å². The van der Waals surface area contributed by atoms with Crippen LogP contribution in [0.3, 0.4) is 0 Å². The molecule has 1 fully saturated rings. The monoisotopic (exact) mass is 290 g/mol. The maximum Gasteiger partial charge on any atom is 0.106 e. The molecule has 1 aliphatic rings. The van der Waals surface area contributed by atoms with Gasteiger partial charge in [-0.15, -0.1) is 0 Å². The van der Waals surface area contributed by atoms with Crippen molar-refractivity contribution >= 4 is 17.3 Å². The second-order valence-corrected chi connectivity index (χ2v) is 5.57. The Morgan fingerprint density at radius 2 is 2.15 bits per heavy atom. The number of anilines is 1. The number of para-hydroxylation sites is 1. The second kappa shape index (κ2) is 6.29. The van der Waals surface area contributed by atoms with Crippen LogP contribution in [-0.4, -0.2) is 29.4 Å². The van der Waals surface area contributed by atoms with E-state index in [1.165, 1.54) is 12.8 Å². The highest BCUT2D eigenvalue weighted by molar-refractivity contribution is 6.33. The van der Waals surface area contributed by atoms with E-state index in [9.17, 15) is 0 Å². The minimum Gasteiger partial charge on any atom is -0.383 e. The van der Waals surface area contributed by atoms with Gasteiger partial charge in [0.2, 0.25) is 0 Å². The lowest BCUT2D eigenvalue weighted by atomic mass is 9.98. The molecular formula is C15H19ClN4. The van der Waals surface area contributed by atoms with Gasteiger partial charge in [0.05, 0.1) is 10.7 Å². The van der Waals surface area contributed by atoms with Crippen molar-refractivity contribution in [2.45, 2.75) is 12.8 Å². The van der Waals surface area contributed by atoms with E-state index in [0.29, 0.717) is 5.02 Å². The van der Waals surface area contributed by atoms with Gasteiger partial charge in [-0.25, -0.2) is 4.68 Å². The van der Waals surface area contributed by atoms with Crippen LogP contribution in [-0.2, 0) is 0 Å². The molecule has 1 aromatic heterocycles. The highest BCUT2D eigenvalue weighted by Gasteiger charge is 2.14. The van der Waals surface area contributed by atoms with Crippen molar-refractivity contribution in [3.63, 3.8) is 0 Å². The summed E-state index contributed by atoms with van der Waals surface area (Å²) in [4.78, 5) is 0. The lowest BCUT2D eigenvalue weighted by Gasteiger charge is -2.24. The zero-order chi connectivity index (χ0) is 13.8. The van der Waals surface area contributed by atoms with Gasteiger partial charge in [-0.2, -0.15) is 5.10 Å². The van der Waals surface area contributed by atoms with Gasteiger partial charge >= 0.3 is 0 Å². The molecular weight excluding hydrogens is 272 g/mol. The third kappa shape index (κ3) is 2.97. The van der Waals surface area contributed by atoms with Crippen LogP contribution >= 0.6 is 11.6 Å². The maximum absolute atomic E-state index is 6.33. The number of hydrogen-bond acceptors (Lipinski definition) is 3. The topological polar surface area (TPSA) is 41.9 Å². The average Bonchev–Trinajstić information content (AvgIpc) is 3.00. The molecule has 0 radical (unpaired) electrons. The number of halogens is 1. The predicted octanol–water partition coefficient (Wildman–Crippen LogP) is 2.94. The fourth-order valence-electron chi connectivity index (χ4n) is 2.63. The lowest BCUT2D eigenvalue weighted by molar-refractivity contribution is 0.390. The van der Waals surface area contributed by atoms with Gasteiger partial charge in [-0.1, -0.05) is 17.7 Å². The Bertz CT molecular complexity index is 547. The number of nitrogens with zero attached hydrogens (tertiary/aromatic N) is 2. The summed E-state index contributed by atoms with van der Waals surface area (Å²) in [6, 6.07) is 7.83. The average molecular weight is 291 g/mol. The van der Waals surface area contributed by atoms with Crippen LogP contribution in [0.15, 0.2) is 36.7 Å². The Morgan fingerprint density at radius 1 is 1.30 bits per heavy atom. The minimum absolute atomic E-state index is 0.712. The Hall–Kier alpha value is -1.52. The fraction of sp³-hybridized carbons (Fsp3) is 0.400. The summed E-state index contributed by atoms with van der Waals surface area (Å²) in [6.45, 7) is 3.22. The molecule has 5 heteroatoms. The lowest BCUT2D eigenvalue weighted by Crippen LogP contribution is -2.31. The molecule has 3 rings (SSSR count). The van der Waals surface area contributed by atoms with E-state index < -0.39 is 0 Å². The highest BCUT2D eigenvalue weighted by atomic mass is 35.5. The van der Waals surface area contributed by atoms with Crippen molar-refractivity contribution in [1.82, 2.24) is 15.1 Å². The van der Waals surface area contributed by atoms with Crippen molar-refractivity contribution < 1.29 is 0 Å². The van der Waals surface area contributed by atoms with E-state index in [0.717, 1.165) is 36.9 Å². The highest BCUT2D eigenvalue weighted by Crippen LogP contribution is 2.28. The van der Waals surface area contributed by atoms with Crippen LogP contribution in [0.2, 0.25) is 5.02 Å². The number of piperidine rings is 1. The molecule has 2 heterocycles. The number of rotatable bonds is 4. The summed E-state index contributed by atoms with van der Waals surface area (Å²) in [5.74, 6) is 0.723. The molecule has 0 unspecified atom stereocenters. The summed E-state index contributed by atoms with van der Waals surface area (Å²) in [5.41, 5.74) is 1.97. The smallest absolute Gasteiger partial charge is 0.106 e. The van der Waals surface area contributed by atoms with E-state index in [4.69, 9.17) is 11.6 Å². The Kier molecular flexibility index (Phi) is 4.23. The molecule has 1 aliphatic heterocycles. The zero-order valence-corrected chi connectivity index (χ0v) is 12.1. The molecule has 4 nitrogen and oxygen atoms in total. The van der Waals surface area contributed by atoms with E-state index >= 15 is 0 Å². The molecule has 0 spiro atoms. The summed E-state index contributed by atoms with van der Waals surface area (Å²) in [7, 11) is 0. The zero-order valence-electron chi connectivity index (χ0n) is 11.3. The molecule has 0 bridgehead atoms. The molecule has 0 aliphatic carbocycles. The number of hydrogen-bond donors (Lipinski definition) is 2. The van der Waals surface area contributed by atoms with Crippen molar-refractivity contribution in [3.05, 3.63) is 41.7 Å². The van der Waals surface area contributed by atoms with Crippen LogP contribution in [0.1, 0.15) is 12.8 Å². The van der Waals surface area contributed by atoms with Crippen LogP contribution < -0.4 is 10.6 Å². The van der Waals surface area contributed by atoms with Crippen molar-refractivity contribution in [2.24, 2.45) is 5.92 Å². The van der Waals surface area contributed by atoms with Crippen molar-refractivity contribution in [2.75, 3.05) is 25.0 Å². The van der Waals surface area contributed by atoms with Gasteiger partial charge in [-0.05, 0) is 50.0 Å². The Labute approximate surface area is 124 Å². The maximum atomic E-state index is 6.33. The second-order valence-electron chi connectivity index (χ2n) is 5.16. The largest absolute Gasteiger partial charge is 0.383 e. The number of benzene rings is 1. The SMILES string of the molecule is Clc1cccc(NCC2CCNCC2)c1-n1cccn1. The molecule has 0 amide bonds. The van der Waals surface area contributed by atoms with Crippen molar-refractivity contribution in [1.29, 1.82) is 0 Å².